The normalized spacial score (nSPS) is 21.0. The number of ether oxygens (including phenoxy) is 1. The number of carbonyl (C=O) groups excluding carboxylic acids is 1. The van der Waals surface area contributed by atoms with E-state index in [0.717, 1.165) is 42.3 Å². The average molecular weight is 536 g/mol. The molecule has 2 aliphatic rings. The van der Waals surface area contributed by atoms with Gasteiger partial charge in [-0.3, -0.25) is 4.90 Å². The number of fused-ring (bicyclic) bond motifs is 4. The lowest BCUT2D eigenvalue weighted by Crippen LogP contribution is -2.35. The minimum Gasteiger partial charge on any atom is -0.443 e. The van der Waals surface area contributed by atoms with Crippen molar-refractivity contribution in [3.05, 3.63) is 28.4 Å². The van der Waals surface area contributed by atoms with Crippen LogP contribution in [0.25, 0.3) is 21.9 Å². The van der Waals surface area contributed by atoms with E-state index < -0.39 is 23.3 Å². The van der Waals surface area contributed by atoms with Gasteiger partial charge < -0.3 is 19.5 Å². The number of rotatable bonds is 2. The fourth-order valence-corrected chi connectivity index (χ4v) is 5.86. The number of carbonyl (C=O) groups is 1. The number of aromatic amines is 1. The van der Waals surface area contributed by atoms with Crippen LogP contribution in [-0.2, 0) is 4.74 Å². The van der Waals surface area contributed by atoms with Gasteiger partial charge in [0.15, 0.2) is 11.6 Å². The first-order chi connectivity index (χ1) is 16.0. The summed E-state index contributed by atoms with van der Waals surface area (Å²) in [5.74, 6) is -1.48. The van der Waals surface area contributed by atoms with E-state index in [-0.39, 0.29) is 17.1 Å². The highest BCUT2D eigenvalue weighted by Gasteiger charge is 2.41. The Hall–Kier alpha value is -2.46. The molecule has 2 fully saturated rings. The van der Waals surface area contributed by atoms with Gasteiger partial charge in [-0.1, -0.05) is 0 Å². The third-order valence-electron chi connectivity index (χ3n) is 6.75. The summed E-state index contributed by atoms with van der Waals surface area (Å²) < 4.78 is 36.5. The van der Waals surface area contributed by atoms with E-state index >= 15 is 4.39 Å². The van der Waals surface area contributed by atoms with Crippen molar-refractivity contribution >= 4 is 55.3 Å². The summed E-state index contributed by atoms with van der Waals surface area (Å²) in [6.45, 7) is 8.01. The Kier molecular flexibility index (Phi) is 5.51. The maximum Gasteiger partial charge on any atom is 0.414 e. The molecule has 1 aromatic carbocycles. The summed E-state index contributed by atoms with van der Waals surface area (Å²) in [7, 11) is 3.59. The van der Waals surface area contributed by atoms with Crippen molar-refractivity contribution in [2.45, 2.75) is 38.8 Å². The first-order valence-electron chi connectivity index (χ1n) is 11.4. The number of hydrogen-bond donors (Lipinski definition) is 1. The number of nitrogens with one attached hydrogen (secondary N) is 1. The molecule has 2 aliphatic heterocycles. The van der Waals surface area contributed by atoms with E-state index in [0.29, 0.717) is 22.5 Å². The molecule has 2 atom stereocenters. The van der Waals surface area contributed by atoms with Crippen LogP contribution in [0.15, 0.2) is 16.7 Å². The Morgan fingerprint density at radius 1 is 1.29 bits per heavy atom. The number of likely N-dealkylation sites (tertiary alicyclic amines) is 1. The second-order valence-electron chi connectivity index (χ2n) is 10.3. The number of amides is 1. The average Bonchev–Trinajstić information content (AvgIpc) is 3.41. The van der Waals surface area contributed by atoms with Crippen LogP contribution in [0.3, 0.4) is 0 Å². The molecule has 0 unspecified atom stereocenters. The number of aromatic nitrogens is 2. The zero-order valence-corrected chi connectivity index (χ0v) is 21.5. The van der Waals surface area contributed by atoms with E-state index in [1.54, 1.807) is 27.0 Å². The number of benzene rings is 1. The van der Waals surface area contributed by atoms with Gasteiger partial charge >= 0.3 is 6.09 Å². The molecule has 7 nitrogen and oxygen atoms in total. The van der Waals surface area contributed by atoms with Gasteiger partial charge in [-0.2, -0.15) is 0 Å². The molecule has 3 aromatic rings. The number of halogens is 3. The molecular weight excluding hydrogens is 508 g/mol. The summed E-state index contributed by atoms with van der Waals surface area (Å²) in [5, 5.41) is 0.592. The number of hydrogen-bond acceptors (Lipinski definition) is 5. The van der Waals surface area contributed by atoms with Gasteiger partial charge in [0.05, 0.1) is 32.1 Å². The van der Waals surface area contributed by atoms with E-state index in [1.807, 2.05) is 0 Å². The lowest BCUT2D eigenvalue weighted by Gasteiger charge is -2.28. The topological polar surface area (TPSA) is 64.7 Å². The summed E-state index contributed by atoms with van der Waals surface area (Å²) >= 11 is 3.62. The number of H-pyrrole nitrogens is 1. The molecule has 34 heavy (non-hydrogen) atoms. The van der Waals surface area contributed by atoms with E-state index in [4.69, 9.17) is 4.74 Å². The van der Waals surface area contributed by atoms with Crippen molar-refractivity contribution in [2.24, 2.45) is 5.92 Å². The monoisotopic (exact) mass is 535 g/mol. The third kappa shape index (κ3) is 3.71. The predicted molar refractivity (Wildman–Crippen MR) is 133 cm³/mol. The fraction of sp³-hybridized carbons (Fsp3) is 0.500. The van der Waals surface area contributed by atoms with E-state index in [2.05, 4.69) is 42.7 Å². The maximum atomic E-state index is 15.4. The Bertz CT molecular complexity index is 1300. The summed E-state index contributed by atoms with van der Waals surface area (Å²) in [6.07, 6.45) is 2.06. The van der Waals surface area contributed by atoms with Gasteiger partial charge in [-0.25, -0.2) is 18.6 Å². The van der Waals surface area contributed by atoms with Gasteiger partial charge in [-0.05, 0) is 56.1 Å². The molecule has 0 radical (unpaired) electrons. The first-order valence-corrected chi connectivity index (χ1v) is 12.2. The van der Waals surface area contributed by atoms with E-state index in [9.17, 15) is 9.18 Å². The van der Waals surface area contributed by atoms with Crippen LogP contribution < -0.4 is 9.80 Å². The third-order valence-corrected chi connectivity index (χ3v) is 7.33. The smallest absolute Gasteiger partial charge is 0.414 e. The maximum absolute atomic E-state index is 15.4. The van der Waals surface area contributed by atoms with Crippen LogP contribution in [0.4, 0.5) is 25.0 Å². The second-order valence-corrected chi connectivity index (χ2v) is 11.2. The molecule has 10 heteroatoms. The Labute approximate surface area is 205 Å². The quantitative estimate of drug-likeness (QED) is 0.484. The lowest BCUT2D eigenvalue weighted by molar-refractivity contribution is 0.0589. The molecule has 0 bridgehead atoms. The number of nitrogens with zero attached hydrogens (tertiary/aromatic N) is 4. The Morgan fingerprint density at radius 3 is 2.74 bits per heavy atom. The van der Waals surface area contributed by atoms with Gasteiger partial charge in [-0.15, -0.1) is 0 Å². The molecule has 1 N–H and O–H groups in total. The molecule has 5 rings (SSSR count). The second kappa shape index (κ2) is 8.05. The van der Waals surface area contributed by atoms with Crippen LogP contribution in [0.1, 0.15) is 27.2 Å². The highest BCUT2D eigenvalue weighted by molar-refractivity contribution is 9.10. The van der Waals surface area contributed by atoms with Crippen molar-refractivity contribution in [1.29, 1.82) is 0 Å². The SMILES string of the molecule is CN1C[C@H]2CCN(c3c(Br)cnc4[nH]c5c(N(C)C(=O)OC(C)(C)C)cc(F)c(F)c5c34)[C@H]2C1. The van der Waals surface area contributed by atoms with E-state index in [1.165, 1.54) is 11.9 Å². The van der Waals surface area contributed by atoms with Crippen molar-refractivity contribution < 1.29 is 18.3 Å². The van der Waals surface area contributed by atoms with Crippen LogP contribution in [-0.4, -0.2) is 66.3 Å². The van der Waals surface area contributed by atoms with Crippen LogP contribution in [0.2, 0.25) is 0 Å². The summed E-state index contributed by atoms with van der Waals surface area (Å²) in [4.78, 5) is 26.1. The number of anilines is 2. The van der Waals surface area contributed by atoms with Crippen LogP contribution in [0, 0.1) is 17.6 Å². The highest BCUT2D eigenvalue weighted by atomic mass is 79.9. The molecule has 1 amide bonds. The van der Waals surface area contributed by atoms with Gasteiger partial charge in [0.25, 0.3) is 0 Å². The van der Waals surface area contributed by atoms with Gasteiger partial charge in [0.2, 0.25) is 0 Å². The predicted octanol–water partition coefficient (Wildman–Crippen LogP) is 5.27. The molecule has 2 saturated heterocycles. The largest absolute Gasteiger partial charge is 0.443 e. The molecule has 182 valence electrons. The molecule has 4 heterocycles. The molecule has 0 aliphatic carbocycles. The summed E-state index contributed by atoms with van der Waals surface area (Å²) in [5.41, 5.74) is 0.987. The van der Waals surface area contributed by atoms with Crippen molar-refractivity contribution in [3.8, 4) is 0 Å². The molecular formula is C24H28BrF2N5O2. The standard InChI is InChI=1S/C24H28BrF2N5O2/c1-24(2,3)34-23(33)31(5)15-8-14(26)19(27)17-18-21(13(25)9-28-22(18)29-20(15)17)32-7-6-12-10-30(4)11-16(12)32/h8-9,12,16H,6-7,10-11H2,1-5H3,(H,28,29)/t12-,16+/m1/s1. The Balaban J connectivity index is 1.72. The van der Waals surface area contributed by atoms with Crippen LogP contribution in [0.5, 0.6) is 0 Å². The fourth-order valence-electron chi connectivity index (χ4n) is 5.33. The number of pyridine rings is 1. The first kappa shape index (κ1) is 23.3. The minimum absolute atomic E-state index is 0.0824. The zero-order chi connectivity index (χ0) is 24.5. The Morgan fingerprint density at radius 2 is 2.03 bits per heavy atom. The van der Waals surface area contributed by atoms with Gasteiger partial charge in [0, 0.05) is 45.0 Å². The highest BCUT2D eigenvalue weighted by Crippen LogP contribution is 2.45. The zero-order valence-electron chi connectivity index (χ0n) is 19.9. The molecule has 2 aromatic heterocycles. The number of likely N-dealkylation sites (N-methyl/N-ethyl adjacent to an activating group) is 1. The van der Waals surface area contributed by atoms with Gasteiger partial charge in [0.1, 0.15) is 11.2 Å². The van der Waals surface area contributed by atoms with Crippen LogP contribution >= 0.6 is 15.9 Å². The lowest BCUT2D eigenvalue weighted by atomic mass is 10.0. The minimum atomic E-state index is -1.04. The summed E-state index contributed by atoms with van der Waals surface area (Å²) in [6, 6.07) is 1.31. The molecule has 0 spiro atoms. The van der Waals surface area contributed by atoms with Crippen molar-refractivity contribution in [1.82, 2.24) is 14.9 Å². The molecule has 0 saturated carbocycles. The van der Waals surface area contributed by atoms with Crippen molar-refractivity contribution in [3.63, 3.8) is 0 Å². The van der Waals surface area contributed by atoms with Crippen molar-refractivity contribution in [2.75, 3.05) is 43.5 Å².